The fourth-order valence-corrected chi connectivity index (χ4v) is 5.39. The first-order chi connectivity index (χ1) is 15.2. The fourth-order valence-electron chi connectivity index (χ4n) is 3.59. The third-order valence-corrected chi connectivity index (χ3v) is 7.23. The number of fused-ring (bicyclic) bond motifs is 1. The van der Waals surface area contributed by atoms with Crippen LogP contribution in [-0.2, 0) is 6.54 Å². The van der Waals surface area contributed by atoms with Crippen molar-refractivity contribution in [2.75, 3.05) is 11.4 Å². The minimum absolute atomic E-state index is 0.0572. The highest BCUT2D eigenvalue weighted by molar-refractivity contribution is 7.22. The van der Waals surface area contributed by atoms with Crippen LogP contribution in [0, 0.1) is 24.0 Å². The lowest BCUT2D eigenvalue weighted by molar-refractivity contribution is -0.380. The lowest BCUT2D eigenvalue weighted by atomic mass is 10.0. The third-order valence-electron chi connectivity index (χ3n) is 5.16. The molecule has 0 unspecified atom stereocenters. The van der Waals surface area contributed by atoms with Crippen molar-refractivity contribution in [3.05, 3.63) is 68.3 Å². The van der Waals surface area contributed by atoms with Crippen molar-refractivity contribution in [2.45, 2.75) is 40.2 Å². The molecule has 0 radical (unpaired) electrons. The van der Waals surface area contributed by atoms with Gasteiger partial charge in [-0.05, 0) is 43.5 Å². The van der Waals surface area contributed by atoms with Crippen LogP contribution in [0.15, 0.2) is 36.4 Å². The maximum Gasteiger partial charge on any atom is 0.324 e. The Balaban J connectivity index is 1.73. The SMILES string of the molecule is Cc1cc(C)n(CCN(C(=O)c2ccc([N+](=O)[O-])s2)c2nc3c(C(C)C)cccc3s2)n1. The van der Waals surface area contributed by atoms with Gasteiger partial charge in [0.15, 0.2) is 5.13 Å². The molecule has 0 spiro atoms. The average Bonchev–Trinajstić information content (AvgIpc) is 3.45. The number of para-hydroxylation sites is 1. The first-order valence-electron chi connectivity index (χ1n) is 10.2. The summed E-state index contributed by atoms with van der Waals surface area (Å²) in [5.41, 5.74) is 3.94. The van der Waals surface area contributed by atoms with E-state index < -0.39 is 4.92 Å². The minimum Gasteiger partial charge on any atom is -0.281 e. The molecule has 0 aliphatic heterocycles. The zero-order valence-electron chi connectivity index (χ0n) is 18.2. The normalized spacial score (nSPS) is 11.4. The van der Waals surface area contributed by atoms with Gasteiger partial charge in [0.2, 0.25) is 0 Å². The second-order valence-corrected chi connectivity index (χ2v) is 9.92. The molecule has 0 aliphatic rings. The summed E-state index contributed by atoms with van der Waals surface area (Å²) in [5, 5.41) is 16.1. The van der Waals surface area contributed by atoms with Crippen LogP contribution in [0.25, 0.3) is 10.2 Å². The summed E-state index contributed by atoms with van der Waals surface area (Å²) in [5.74, 6) is 0.00207. The van der Waals surface area contributed by atoms with Crippen LogP contribution in [0.3, 0.4) is 0 Å². The lowest BCUT2D eigenvalue weighted by Gasteiger charge is -2.19. The molecular weight excluding hydrogens is 446 g/mol. The molecule has 32 heavy (non-hydrogen) atoms. The average molecular weight is 470 g/mol. The lowest BCUT2D eigenvalue weighted by Crippen LogP contribution is -2.33. The van der Waals surface area contributed by atoms with Crippen molar-refractivity contribution < 1.29 is 9.72 Å². The monoisotopic (exact) mass is 469 g/mol. The van der Waals surface area contributed by atoms with E-state index in [1.54, 1.807) is 4.90 Å². The van der Waals surface area contributed by atoms with E-state index in [-0.39, 0.29) is 10.9 Å². The Morgan fingerprint density at radius 2 is 2.00 bits per heavy atom. The van der Waals surface area contributed by atoms with Crippen LogP contribution in [0.5, 0.6) is 0 Å². The highest BCUT2D eigenvalue weighted by atomic mass is 32.1. The molecule has 10 heteroatoms. The van der Waals surface area contributed by atoms with E-state index in [4.69, 9.17) is 4.98 Å². The highest BCUT2D eigenvalue weighted by Gasteiger charge is 2.25. The van der Waals surface area contributed by atoms with Gasteiger partial charge in [-0.1, -0.05) is 48.7 Å². The van der Waals surface area contributed by atoms with Gasteiger partial charge in [-0.3, -0.25) is 24.5 Å². The van der Waals surface area contributed by atoms with E-state index in [1.165, 1.54) is 23.5 Å². The summed E-state index contributed by atoms with van der Waals surface area (Å²) in [6, 6.07) is 10.9. The molecule has 0 N–H and O–H groups in total. The molecule has 3 heterocycles. The number of hydrogen-bond donors (Lipinski definition) is 0. The molecule has 0 aliphatic carbocycles. The summed E-state index contributed by atoms with van der Waals surface area (Å²) in [7, 11) is 0. The van der Waals surface area contributed by atoms with E-state index in [0.717, 1.165) is 38.5 Å². The summed E-state index contributed by atoms with van der Waals surface area (Å²) in [6.07, 6.45) is 0. The third kappa shape index (κ3) is 4.28. The smallest absolute Gasteiger partial charge is 0.281 e. The van der Waals surface area contributed by atoms with E-state index in [2.05, 4.69) is 25.0 Å². The topological polar surface area (TPSA) is 94.2 Å². The number of carbonyl (C=O) groups is 1. The Morgan fingerprint density at radius 1 is 1.22 bits per heavy atom. The molecular formula is C22H23N5O3S2. The first kappa shape index (κ1) is 22.1. The van der Waals surface area contributed by atoms with Gasteiger partial charge in [0.1, 0.15) is 0 Å². The van der Waals surface area contributed by atoms with Crippen molar-refractivity contribution in [3.63, 3.8) is 0 Å². The maximum absolute atomic E-state index is 13.4. The number of carbonyl (C=O) groups excluding carboxylic acids is 1. The minimum atomic E-state index is -0.478. The van der Waals surface area contributed by atoms with Gasteiger partial charge in [-0.15, -0.1) is 0 Å². The number of rotatable bonds is 7. The predicted octanol–water partition coefficient (Wildman–Crippen LogP) is 5.55. The molecule has 3 aromatic heterocycles. The van der Waals surface area contributed by atoms with Crippen molar-refractivity contribution >= 4 is 48.9 Å². The number of thiazole rings is 1. The number of amides is 1. The van der Waals surface area contributed by atoms with Crippen LogP contribution < -0.4 is 4.90 Å². The highest BCUT2D eigenvalue weighted by Crippen LogP contribution is 2.35. The first-order valence-corrected chi connectivity index (χ1v) is 11.8. The summed E-state index contributed by atoms with van der Waals surface area (Å²) in [4.78, 5) is 30.8. The number of aryl methyl sites for hydroxylation is 2. The number of aromatic nitrogens is 3. The standard InChI is InChI=1S/C22H23N5O3S2/c1-13(2)16-6-5-7-17-20(16)23-22(32-17)25(10-11-26-15(4)12-14(3)24-26)21(28)18-8-9-19(31-18)27(29)30/h5-9,12-13H,10-11H2,1-4H3. The molecule has 0 saturated heterocycles. The Kier molecular flexibility index (Phi) is 6.07. The van der Waals surface area contributed by atoms with E-state index >= 15 is 0 Å². The largest absolute Gasteiger partial charge is 0.324 e. The number of benzene rings is 1. The number of anilines is 1. The predicted molar refractivity (Wildman–Crippen MR) is 128 cm³/mol. The Labute approximate surface area is 193 Å². The van der Waals surface area contributed by atoms with E-state index in [1.807, 2.05) is 36.7 Å². The van der Waals surface area contributed by atoms with Gasteiger partial charge in [0.05, 0.1) is 32.3 Å². The maximum atomic E-state index is 13.4. The Morgan fingerprint density at radius 3 is 2.62 bits per heavy atom. The van der Waals surface area contributed by atoms with Crippen molar-refractivity contribution in [3.8, 4) is 0 Å². The zero-order chi connectivity index (χ0) is 23.0. The fraction of sp³-hybridized carbons (Fsp3) is 0.318. The second-order valence-electron chi connectivity index (χ2n) is 7.85. The number of nitrogens with zero attached hydrogens (tertiary/aromatic N) is 5. The van der Waals surface area contributed by atoms with Crippen LogP contribution in [-0.4, -0.2) is 32.1 Å². The van der Waals surface area contributed by atoms with Gasteiger partial charge in [-0.25, -0.2) is 4.98 Å². The molecule has 166 valence electrons. The zero-order valence-corrected chi connectivity index (χ0v) is 19.9. The van der Waals surface area contributed by atoms with Gasteiger partial charge in [0.25, 0.3) is 5.91 Å². The summed E-state index contributed by atoms with van der Waals surface area (Å²) >= 11 is 2.33. The summed E-state index contributed by atoms with van der Waals surface area (Å²) < 4.78 is 2.87. The molecule has 4 aromatic rings. The van der Waals surface area contributed by atoms with Crippen molar-refractivity contribution in [1.29, 1.82) is 0 Å². The Bertz CT molecular complexity index is 1300. The van der Waals surface area contributed by atoms with Gasteiger partial charge < -0.3 is 0 Å². The number of thiophene rings is 1. The second kappa shape index (κ2) is 8.79. The van der Waals surface area contributed by atoms with Crippen molar-refractivity contribution in [2.24, 2.45) is 0 Å². The van der Waals surface area contributed by atoms with Gasteiger partial charge in [-0.2, -0.15) is 5.10 Å². The van der Waals surface area contributed by atoms with Crippen LogP contribution >= 0.6 is 22.7 Å². The van der Waals surface area contributed by atoms with Crippen LogP contribution in [0.4, 0.5) is 10.1 Å². The molecule has 0 fully saturated rings. The van der Waals surface area contributed by atoms with Gasteiger partial charge in [0, 0.05) is 18.3 Å². The summed E-state index contributed by atoms with van der Waals surface area (Å²) in [6.45, 7) is 8.98. The molecule has 0 saturated carbocycles. The molecule has 0 bridgehead atoms. The molecule has 8 nitrogen and oxygen atoms in total. The van der Waals surface area contributed by atoms with Crippen molar-refractivity contribution in [1.82, 2.24) is 14.8 Å². The molecule has 1 amide bonds. The van der Waals surface area contributed by atoms with E-state index in [9.17, 15) is 14.9 Å². The Hall–Kier alpha value is -3.11. The van der Waals surface area contributed by atoms with Crippen LogP contribution in [0.2, 0.25) is 0 Å². The quantitative estimate of drug-likeness (QED) is 0.261. The van der Waals surface area contributed by atoms with Crippen LogP contribution in [0.1, 0.15) is 46.4 Å². The molecule has 1 aromatic carbocycles. The number of nitro groups is 1. The van der Waals surface area contributed by atoms with Gasteiger partial charge >= 0.3 is 5.00 Å². The molecule has 4 rings (SSSR count). The molecule has 0 atom stereocenters. The number of hydrogen-bond acceptors (Lipinski definition) is 7. The van der Waals surface area contributed by atoms with E-state index in [0.29, 0.717) is 29.0 Å².